The summed E-state index contributed by atoms with van der Waals surface area (Å²) in [5, 5.41) is 3.91. The van der Waals surface area contributed by atoms with Crippen molar-refractivity contribution in [2.45, 2.75) is 6.42 Å². The molecule has 0 fully saturated rings. The highest BCUT2D eigenvalue weighted by Crippen LogP contribution is 2.22. The van der Waals surface area contributed by atoms with Crippen LogP contribution in [-0.4, -0.2) is 22.4 Å². The minimum atomic E-state index is -0.400. The van der Waals surface area contributed by atoms with Crippen molar-refractivity contribution in [1.29, 1.82) is 0 Å². The number of pyridine rings is 2. The van der Waals surface area contributed by atoms with Gasteiger partial charge in [0.2, 0.25) is 0 Å². The van der Waals surface area contributed by atoms with Gasteiger partial charge in [-0.15, -0.1) is 0 Å². The lowest BCUT2D eigenvalue weighted by Gasteiger charge is -2.08. The van der Waals surface area contributed by atoms with E-state index in [1.807, 2.05) is 0 Å². The van der Waals surface area contributed by atoms with Crippen molar-refractivity contribution in [3.63, 3.8) is 0 Å². The van der Waals surface area contributed by atoms with Gasteiger partial charge in [-0.3, -0.25) is 9.78 Å². The zero-order valence-electron chi connectivity index (χ0n) is 10.5. The lowest BCUT2D eigenvalue weighted by molar-refractivity contribution is 0.0954. The second kappa shape index (κ2) is 7.27. The number of hydrogen-bond donors (Lipinski definition) is 1. The molecule has 0 spiro atoms. The molecule has 21 heavy (non-hydrogen) atoms. The van der Waals surface area contributed by atoms with E-state index in [0.29, 0.717) is 28.7 Å². The van der Waals surface area contributed by atoms with Crippen LogP contribution >= 0.6 is 46.4 Å². The molecule has 0 aliphatic carbocycles. The highest BCUT2D eigenvalue weighted by atomic mass is 35.5. The minimum absolute atomic E-state index is 0.0580. The maximum absolute atomic E-state index is 12.0. The summed E-state index contributed by atoms with van der Waals surface area (Å²) in [6.45, 7) is 0.328. The number of carbonyl (C=O) groups is 1. The fraction of sp³-hybridized carbons (Fsp3) is 0.154. The molecular weight excluding hydrogens is 356 g/mol. The van der Waals surface area contributed by atoms with Crippen molar-refractivity contribution in [1.82, 2.24) is 15.3 Å². The van der Waals surface area contributed by atoms with Crippen LogP contribution in [0.5, 0.6) is 0 Å². The Morgan fingerprint density at radius 3 is 2.57 bits per heavy atom. The predicted molar refractivity (Wildman–Crippen MR) is 84.6 cm³/mol. The van der Waals surface area contributed by atoms with Gasteiger partial charge in [-0.1, -0.05) is 46.4 Å². The van der Waals surface area contributed by atoms with Crippen LogP contribution in [0.3, 0.4) is 0 Å². The molecule has 2 aromatic heterocycles. The second-order valence-corrected chi connectivity index (χ2v) is 5.66. The van der Waals surface area contributed by atoms with Crippen LogP contribution in [-0.2, 0) is 6.42 Å². The van der Waals surface area contributed by atoms with E-state index < -0.39 is 5.91 Å². The molecule has 2 heterocycles. The third kappa shape index (κ3) is 4.20. The number of rotatable bonds is 4. The molecule has 0 unspecified atom stereocenters. The van der Waals surface area contributed by atoms with Gasteiger partial charge in [-0.05, 0) is 12.1 Å². The van der Waals surface area contributed by atoms with Crippen LogP contribution in [0.1, 0.15) is 16.1 Å². The number of carbonyl (C=O) groups excluding carboxylic acids is 1. The summed E-state index contributed by atoms with van der Waals surface area (Å²) in [5.41, 5.74) is 0.792. The van der Waals surface area contributed by atoms with Crippen molar-refractivity contribution in [3.05, 3.63) is 56.0 Å². The van der Waals surface area contributed by atoms with E-state index in [0.717, 1.165) is 0 Å². The molecule has 0 aliphatic heterocycles. The standard InChI is InChI=1S/C13H9Cl4N3O/c14-7-5-9(16)10(20-6-7)2-4-19-13(21)11-8(15)1-3-18-12(11)17/h1,3,5-6H,2,4H2,(H,19,21). The first-order chi connectivity index (χ1) is 9.99. The Kier molecular flexibility index (Phi) is 5.65. The highest BCUT2D eigenvalue weighted by Gasteiger charge is 2.15. The van der Waals surface area contributed by atoms with E-state index in [1.165, 1.54) is 18.5 Å². The lowest BCUT2D eigenvalue weighted by Crippen LogP contribution is -2.26. The number of nitrogens with one attached hydrogen (secondary N) is 1. The molecule has 2 aromatic rings. The first-order valence-electron chi connectivity index (χ1n) is 5.87. The Morgan fingerprint density at radius 2 is 1.90 bits per heavy atom. The summed E-state index contributed by atoms with van der Waals surface area (Å²) in [4.78, 5) is 19.9. The van der Waals surface area contributed by atoms with E-state index in [-0.39, 0.29) is 15.7 Å². The summed E-state index contributed by atoms with van der Waals surface area (Å²) in [7, 11) is 0. The molecule has 0 radical (unpaired) electrons. The average Bonchev–Trinajstić information content (AvgIpc) is 2.41. The van der Waals surface area contributed by atoms with Gasteiger partial charge < -0.3 is 5.32 Å². The Balaban J connectivity index is 1.99. The monoisotopic (exact) mass is 363 g/mol. The molecule has 2 rings (SSSR count). The molecule has 1 amide bonds. The molecule has 0 saturated heterocycles. The third-order valence-electron chi connectivity index (χ3n) is 2.61. The predicted octanol–water partition coefficient (Wildman–Crippen LogP) is 4.06. The highest BCUT2D eigenvalue weighted by molar-refractivity contribution is 6.39. The minimum Gasteiger partial charge on any atom is -0.352 e. The zero-order valence-corrected chi connectivity index (χ0v) is 13.6. The summed E-state index contributed by atoms with van der Waals surface area (Å²) < 4.78 is 0. The largest absolute Gasteiger partial charge is 0.352 e. The molecule has 0 aromatic carbocycles. The van der Waals surface area contributed by atoms with Gasteiger partial charge in [0.05, 0.1) is 26.3 Å². The molecule has 8 heteroatoms. The number of nitrogens with zero attached hydrogens (tertiary/aromatic N) is 2. The van der Waals surface area contributed by atoms with Crippen LogP contribution in [0.2, 0.25) is 20.2 Å². The van der Waals surface area contributed by atoms with E-state index in [1.54, 1.807) is 6.07 Å². The summed E-state index contributed by atoms with van der Waals surface area (Å²) in [6, 6.07) is 3.10. The van der Waals surface area contributed by atoms with Gasteiger partial charge in [-0.25, -0.2) is 4.98 Å². The van der Waals surface area contributed by atoms with Gasteiger partial charge in [-0.2, -0.15) is 0 Å². The first-order valence-corrected chi connectivity index (χ1v) is 7.38. The maximum atomic E-state index is 12.0. The van der Waals surface area contributed by atoms with Crippen molar-refractivity contribution < 1.29 is 4.79 Å². The second-order valence-electron chi connectivity index (χ2n) is 4.05. The Bertz CT molecular complexity index is 658. The SMILES string of the molecule is O=C(NCCc1ncc(Cl)cc1Cl)c1c(Cl)ccnc1Cl. The van der Waals surface area contributed by atoms with E-state index in [4.69, 9.17) is 46.4 Å². The van der Waals surface area contributed by atoms with Crippen molar-refractivity contribution in [2.24, 2.45) is 0 Å². The number of halogens is 4. The number of aromatic nitrogens is 2. The van der Waals surface area contributed by atoms with Crippen LogP contribution in [0, 0.1) is 0 Å². The Hall–Kier alpha value is -1.07. The third-order valence-corrected chi connectivity index (χ3v) is 3.75. The van der Waals surface area contributed by atoms with Gasteiger partial charge in [0.1, 0.15) is 5.15 Å². The van der Waals surface area contributed by atoms with Gasteiger partial charge in [0.15, 0.2) is 0 Å². The summed E-state index contributed by atoms with van der Waals surface area (Å²) in [6.07, 6.45) is 3.38. The number of amides is 1. The maximum Gasteiger partial charge on any atom is 0.255 e. The number of hydrogen-bond acceptors (Lipinski definition) is 3. The van der Waals surface area contributed by atoms with Gasteiger partial charge in [0.25, 0.3) is 5.91 Å². The molecule has 0 bridgehead atoms. The molecule has 0 aliphatic rings. The van der Waals surface area contributed by atoms with E-state index >= 15 is 0 Å². The normalized spacial score (nSPS) is 10.5. The fourth-order valence-electron chi connectivity index (χ4n) is 1.63. The molecule has 1 N–H and O–H groups in total. The van der Waals surface area contributed by atoms with Crippen molar-refractivity contribution in [3.8, 4) is 0 Å². The van der Waals surface area contributed by atoms with E-state index in [9.17, 15) is 4.79 Å². The fourth-order valence-corrected chi connectivity index (χ4v) is 2.62. The van der Waals surface area contributed by atoms with Crippen LogP contribution in [0.4, 0.5) is 0 Å². The molecular formula is C13H9Cl4N3O. The van der Waals surface area contributed by atoms with E-state index in [2.05, 4.69) is 15.3 Å². The lowest BCUT2D eigenvalue weighted by atomic mass is 10.2. The zero-order chi connectivity index (χ0) is 15.4. The molecule has 0 saturated carbocycles. The van der Waals surface area contributed by atoms with Gasteiger partial charge >= 0.3 is 0 Å². The first kappa shape index (κ1) is 16.3. The van der Waals surface area contributed by atoms with Crippen LogP contribution in [0.25, 0.3) is 0 Å². The summed E-state index contributed by atoms with van der Waals surface area (Å²) >= 11 is 23.6. The van der Waals surface area contributed by atoms with Crippen molar-refractivity contribution in [2.75, 3.05) is 6.54 Å². The molecule has 0 atom stereocenters. The topological polar surface area (TPSA) is 54.9 Å². The van der Waals surface area contributed by atoms with Crippen molar-refractivity contribution >= 4 is 52.3 Å². The Labute approximate surface area is 141 Å². The Morgan fingerprint density at radius 1 is 1.14 bits per heavy atom. The average molecular weight is 365 g/mol. The smallest absolute Gasteiger partial charge is 0.255 e. The quantitative estimate of drug-likeness (QED) is 0.832. The summed E-state index contributed by atoms with van der Waals surface area (Å²) in [5.74, 6) is -0.400. The molecule has 110 valence electrons. The molecule has 4 nitrogen and oxygen atoms in total. The van der Waals surface area contributed by atoms with Crippen LogP contribution in [0.15, 0.2) is 24.5 Å². The van der Waals surface area contributed by atoms with Crippen LogP contribution < -0.4 is 5.32 Å². The van der Waals surface area contributed by atoms with Gasteiger partial charge in [0, 0.05) is 25.4 Å².